The average Bonchev–Trinajstić information content (AvgIpc) is 3.37. The lowest BCUT2D eigenvalue weighted by Crippen LogP contribution is -2.10. The molecular formula is C20H24O4. The molecule has 1 fully saturated rings. The normalized spacial score (nSPS) is 19.5. The van der Waals surface area contributed by atoms with Crippen molar-refractivity contribution in [3.05, 3.63) is 53.6 Å². The first-order chi connectivity index (χ1) is 11.6. The van der Waals surface area contributed by atoms with E-state index in [-0.39, 0.29) is 17.9 Å². The molecular weight excluding hydrogens is 304 g/mol. The molecule has 1 aromatic rings. The van der Waals surface area contributed by atoms with Gasteiger partial charge in [-0.15, -0.1) is 6.58 Å². The number of carbonyl (C=O) groups excluding carboxylic acids is 2. The van der Waals surface area contributed by atoms with Gasteiger partial charge in [-0.05, 0) is 48.8 Å². The first-order valence-electron chi connectivity index (χ1n) is 8.26. The topological polar surface area (TPSA) is 52.6 Å². The molecule has 1 saturated carbocycles. The highest BCUT2D eigenvalue weighted by Crippen LogP contribution is 2.46. The first kappa shape index (κ1) is 18.0. The Morgan fingerprint density at radius 3 is 2.71 bits per heavy atom. The molecule has 0 amide bonds. The lowest BCUT2D eigenvalue weighted by Gasteiger charge is -2.09. The van der Waals surface area contributed by atoms with E-state index in [0.717, 1.165) is 17.5 Å². The SMILES string of the molecule is C=C[C@@H]1C[C@H]1/C(=C\c1ccccc1CCC(=O)OC)C(=O)OCC. The van der Waals surface area contributed by atoms with Gasteiger partial charge in [-0.3, -0.25) is 4.79 Å². The summed E-state index contributed by atoms with van der Waals surface area (Å²) >= 11 is 0. The minimum absolute atomic E-state index is 0.176. The van der Waals surface area contributed by atoms with Crippen LogP contribution in [0, 0.1) is 11.8 Å². The van der Waals surface area contributed by atoms with Crippen molar-refractivity contribution in [1.82, 2.24) is 0 Å². The predicted molar refractivity (Wildman–Crippen MR) is 93.2 cm³/mol. The van der Waals surface area contributed by atoms with Crippen molar-refractivity contribution in [2.24, 2.45) is 11.8 Å². The molecule has 0 saturated heterocycles. The maximum absolute atomic E-state index is 12.3. The summed E-state index contributed by atoms with van der Waals surface area (Å²) in [6, 6.07) is 7.78. The minimum atomic E-state index is -0.269. The Morgan fingerprint density at radius 2 is 2.08 bits per heavy atom. The molecule has 0 bridgehead atoms. The Hall–Kier alpha value is -2.36. The second kappa shape index (κ2) is 8.48. The van der Waals surface area contributed by atoms with Crippen LogP contribution in [-0.2, 0) is 25.5 Å². The second-order valence-electron chi connectivity index (χ2n) is 5.84. The van der Waals surface area contributed by atoms with Gasteiger partial charge in [0.1, 0.15) is 0 Å². The molecule has 4 nitrogen and oxygen atoms in total. The van der Waals surface area contributed by atoms with Gasteiger partial charge in [0.15, 0.2) is 0 Å². The fourth-order valence-electron chi connectivity index (χ4n) is 2.77. The van der Waals surface area contributed by atoms with Crippen LogP contribution in [0.25, 0.3) is 6.08 Å². The highest BCUT2D eigenvalue weighted by atomic mass is 16.5. The average molecular weight is 328 g/mol. The van der Waals surface area contributed by atoms with Crippen LogP contribution >= 0.6 is 0 Å². The number of carbonyl (C=O) groups is 2. The molecule has 0 aliphatic heterocycles. The van der Waals surface area contributed by atoms with Gasteiger partial charge in [0.2, 0.25) is 0 Å². The number of methoxy groups -OCH3 is 1. The molecule has 0 radical (unpaired) electrons. The smallest absolute Gasteiger partial charge is 0.334 e. The summed E-state index contributed by atoms with van der Waals surface area (Å²) in [5.74, 6) is 0.000958. The maximum atomic E-state index is 12.3. The Balaban J connectivity index is 2.26. The lowest BCUT2D eigenvalue weighted by molar-refractivity contribution is -0.140. The van der Waals surface area contributed by atoms with Gasteiger partial charge in [-0.2, -0.15) is 0 Å². The zero-order valence-corrected chi connectivity index (χ0v) is 14.3. The summed E-state index contributed by atoms with van der Waals surface area (Å²) in [6.07, 6.45) is 5.61. The molecule has 0 spiro atoms. The molecule has 1 aromatic carbocycles. The van der Waals surface area contributed by atoms with Crippen molar-refractivity contribution in [1.29, 1.82) is 0 Å². The number of rotatable bonds is 8. The Morgan fingerprint density at radius 1 is 1.33 bits per heavy atom. The number of aryl methyl sites for hydroxylation is 1. The van der Waals surface area contributed by atoms with Crippen molar-refractivity contribution in [3.8, 4) is 0 Å². The third-order valence-electron chi connectivity index (χ3n) is 4.25. The van der Waals surface area contributed by atoms with Crippen molar-refractivity contribution in [2.75, 3.05) is 13.7 Å². The molecule has 0 unspecified atom stereocenters. The third kappa shape index (κ3) is 4.57. The predicted octanol–water partition coefficient (Wildman–Crippen LogP) is 3.56. The molecule has 24 heavy (non-hydrogen) atoms. The van der Waals surface area contributed by atoms with Gasteiger partial charge in [-0.1, -0.05) is 30.3 Å². The number of hydrogen-bond donors (Lipinski definition) is 0. The second-order valence-corrected chi connectivity index (χ2v) is 5.84. The standard InChI is InChI=1S/C20H24O4/c1-4-14-12-17(14)18(20(22)24-5-2)13-16-9-7-6-8-15(16)10-11-19(21)23-3/h4,6-9,13-14,17H,1,5,10-12H2,2-3H3/b18-13+/t14-,17-/m1/s1. The zero-order chi connectivity index (χ0) is 17.5. The minimum Gasteiger partial charge on any atom is -0.469 e. The van der Waals surface area contributed by atoms with Gasteiger partial charge in [0.05, 0.1) is 13.7 Å². The number of hydrogen-bond acceptors (Lipinski definition) is 4. The van der Waals surface area contributed by atoms with Crippen LogP contribution in [0.1, 0.15) is 30.9 Å². The van der Waals surface area contributed by atoms with Crippen LogP contribution < -0.4 is 0 Å². The highest BCUT2D eigenvalue weighted by Gasteiger charge is 2.40. The molecule has 128 valence electrons. The first-order valence-corrected chi connectivity index (χ1v) is 8.26. The molecule has 1 aliphatic rings. The fraction of sp³-hybridized carbons (Fsp3) is 0.400. The van der Waals surface area contributed by atoms with Gasteiger partial charge < -0.3 is 9.47 Å². The van der Waals surface area contributed by atoms with Gasteiger partial charge in [0, 0.05) is 12.0 Å². The van der Waals surface area contributed by atoms with Crippen LogP contribution in [0.4, 0.5) is 0 Å². The number of benzene rings is 1. The summed E-state index contributed by atoms with van der Waals surface area (Å²) in [4.78, 5) is 23.7. The molecule has 1 aliphatic carbocycles. The molecule has 2 rings (SSSR count). The fourth-order valence-corrected chi connectivity index (χ4v) is 2.77. The lowest BCUT2D eigenvalue weighted by atomic mass is 9.98. The van der Waals surface area contributed by atoms with Crippen molar-refractivity contribution >= 4 is 18.0 Å². The number of ether oxygens (including phenoxy) is 2. The van der Waals surface area contributed by atoms with Gasteiger partial charge in [0.25, 0.3) is 0 Å². The van der Waals surface area contributed by atoms with E-state index in [1.54, 1.807) is 6.92 Å². The van der Waals surface area contributed by atoms with Crippen LogP contribution in [0.3, 0.4) is 0 Å². The van der Waals surface area contributed by atoms with E-state index in [1.807, 2.05) is 36.4 Å². The van der Waals surface area contributed by atoms with E-state index in [9.17, 15) is 9.59 Å². The van der Waals surface area contributed by atoms with Crippen molar-refractivity contribution in [2.45, 2.75) is 26.2 Å². The Labute approximate surface area is 143 Å². The van der Waals surface area contributed by atoms with E-state index in [2.05, 4.69) is 6.58 Å². The molecule has 0 aromatic heterocycles. The van der Waals surface area contributed by atoms with Crippen molar-refractivity contribution < 1.29 is 19.1 Å². The van der Waals surface area contributed by atoms with E-state index in [4.69, 9.17) is 9.47 Å². The summed E-state index contributed by atoms with van der Waals surface area (Å²) in [5.41, 5.74) is 2.65. The van der Waals surface area contributed by atoms with Crippen molar-refractivity contribution in [3.63, 3.8) is 0 Å². The van der Waals surface area contributed by atoms with Gasteiger partial charge >= 0.3 is 11.9 Å². The molecule has 4 heteroatoms. The largest absolute Gasteiger partial charge is 0.469 e. The van der Waals surface area contributed by atoms with Gasteiger partial charge in [-0.25, -0.2) is 4.79 Å². The molecule has 0 heterocycles. The summed E-state index contributed by atoms with van der Waals surface area (Å²) in [7, 11) is 1.38. The summed E-state index contributed by atoms with van der Waals surface area (Å²) < 4.78 is 9.91. The van der Waals surface area contributed by atoms with Crippen LogP contribution in [-0.4, -0.2) is 25.7 Å². The van der Waals surface area contributed by atoms with E-state index in [0.29, 0.717) is 30.9 Å². The monoisotopic (exact) mass is 328 g/mol. The van der Waals surface area contributed by atoms with Crippen LogP contribution in [0.15, 0.2) is 42.5 Å². The number of esters is 2. The summed E-state index contributed by atoms with van der Waals surface area (Å²) in [6.45, 7) is 5.97. The number of allylic oxidation sites excluding steroid dienone is 1. The molecule has 2 atom stereocenters. The maximum Gasteiger partial charge on any atom is 0.334 e. The van der Waals surface area contributed by atoms with E-state index in [1.165, 1.54) is 7.11 Å². The summed E-state index contributed by atoms with van der Waals surface area (Å²) in [5, 5.41) is 0. The third-order valence-corrected chi connectivity index (χ3v) is 4.25. The van der Waals surface area contributed by atoms with Crippen LogP contribution in [0.5, 0.6) is 0 Å². The molecule has 0 N–H and O–H groups in total. The van der Waals surface area contributed by atoms with E-state index >= 15 is 0 Å². The zero-order valence-electron chi connectivity index (χ0n) is 14.3. The Kier molecular flexibility index (Phi) is 6.36. The Bertz CT molecular complexity index is 645. The van der Waals surface area contributed by atoms with E-state index < -0.39 is 0 Å². The van der Waals surface area contributed by atoms with Crippen LogP contribution in [0.2, 0.25) is 0 Å². The quantitative estimate of drug-likeness (QED) is 0.416. The highest BCUT2D eigenvalue weighted by molar-refractivity contribution is 5.95.